The molecule has 1 aromatic rings. The van der Waals surface area contributed by atoms with E-state index in [1.54, 1.807) is 18.9 Å². The van der Waals surface area contributed by atoms with Crippen LogP contribution in [-0.2, 0) is 10.2 Å². The Balaban J connectivity index is 3.21. The van der Waals surface area contributed by atoms with Gasteiger partial charge in [-0.3, -0.25) is 4.79 Å². The second-order valence-electron chi connectivity index (χ2n) is 4.52. The van der Waals surface area contributed by atoms with Crippen LogP contribution in [0.25, 0.3) is 0 Å². The van der Waals surface area contributed by atoms with Crippen LogP contribution in [0, 0.1) is 0 Å². The van der Waals surface area contributed by atoms with Crippen LogP contribution < -0.4 is 4.74 Å². The van der Waals surface area contributed by atoms with Crippen molar-refractivity contribution in [2.45, 2.75) is 30.6 Å². The van der Waals surface area contributed by atoms with Crippen LogP contribution in [0.1, 0.15) is 25.8 Å². The molecule has 0 aliphatic carbocycles. The average molecular weight is 254 g/mol. The summed E-state index contributed by atoms with van der Waals surface area (Å²) in [7, 11) is 1.61. The van der Waals surface area contributed by atoms with E-state index in [0.717, 1.165) is 16.2 Å². The van der Waals surface area contributed by atoms with E-state index in [2.05, 4.69) is 0 Å². The van der Waals surface area contributed by atoms with Gasteiger partial charge < -0.3 is 9.84 Å². The molecular formula is C13H18O3S. The van der Waals surface area contributed by atoms with E-state index in [1.165, 1.54) is 0 Å². The van der Waals surface area contributed by atoms with Crippen molar-refractivity contribution in [3.05, 3.63) is 23.8 Å². The fraction of sp³-hybridized carbons (Fsp3) is 0.462. The number of rotatable bonds is 5. The SMILES string of the molecule is COc1ccc(SC)cc1C(C)(C)CC(=O)O. The third kappa shape index (κ3) is 3.40. The largest absolute Gasteiger partial charge is 0.496 e. The van der Waals surface area contributed by atoms with E-state index in [0.29, 0.717) is 0 Å². The van der Waals surface area contributed by atoms with Gasteiger partial charge in [-0.15, -0.1) is 11.8 Å². The molecule has 1 N–H and O–H groups in total. The maximum absolute atomic E-state index is 10.9. The lowest BCUT2D eigenvalue weighted by atomic mass is 9.81. The van der Waals surface area contributed by atoms with Gasteiger partial charge in [0.2, 0.25) is 0 Å². The molecule has 1 rings (SSSR count). The van der Waals surface area contributed by atoms with Gasteiger partial charge in [0.15, 0.2) is 0 Å². The summed E-state index contributed by atoms with van der Waals surface area (Å²) >= 11 is 1.63. The fourth-order valence-corrected chi connectivity index (χ4v) is 2.26. The Kier molecular flexibility index (Phi) is 4.46. The molecule has 0 unspecified atom stereocenters. The quantitative estimate of drug-likeness (QED) is 0.820. The van der Waals surface area contributed by atoms with E-state index >= 15 is 0 Å². The van der Waals surface area contributed by atoms with Crippen molar-refractivity contribution >= 4 is 17.7 Å². The Hall–Kier alpha value is -1.16. The highest BCUT2D eigenvalue weighted by molar-refractivity contribution is 7.98. The highest BCUT2D eigenvalue weighted by atomic mass is 32.2. The minimum Gasteiger partial charge on any atom is -0.496 e. The first-order chi connectivity index (χ1) is 7.90. The Labute approximate surface area is 106 Å². The van der Waals surface area contributed by atoms with E-state index in [1.807, 2.05) is 38.3 Å². The van der Waals surface area contributed by atoms with Gasteiger partial charge in [0.05, 0.1) is 13.5 Å². The first-order valence-electron chi connectivity index (χ1n) is 5.35. The van der Waals surface area contributed by atoms with Crippen molar-refractivity contribution in [1.82, 2.24) is 0 Å². The number of carboxylic acids is 1. The molecule has 0 amide bonds. The molecule has 0 aliphatic rings. The third-order valence-electron chi connectivity index (χ3n) is 2.73. The van der Waals surface area contributed by atoms with Crippen LogP contribution in [0.4, 0.5) is 0 Å². The molecule has 1 aromatic carbocycles. The van der Waals surface area contributed by atoms with Crippen molar-refractivity contribution in [3.8, 4) is 5.75 Å². The molecule has 17 heavy (non-hydrogen) atoms. The molecule has 0 saturated carbocycles. The van der Waals surface area contributed by atoms with E-state index in [9.17, 15) is 4.79 Å². The lowest BCUT2D eigenvalue weighted by molar-refractivity contribution is -0.138. The van der Waals surface area contributed by atoms with Crippen LogP contribution in [0.2, 0.25) is 0 Å². The molecule has 0 bridgehead atoms. The predicted octanol–water partition coefficient (Wildman–Crippen LogP) is 3.17. The third-order valence-corrected chi connectivity index (χ3v) is 3.45. The number of carbonyl (C=O) groups is 1. The number of aliphatic carboxylic acids is 1. The van der Waals surface area contributed by atoms with E-state index in [-0.39, 0.29) is 6.42 Å². The van der Waals surface area contributed by atoms with Crippen LogP contribution in [0.5, 0.6) is 5.75 Å². The molecule has 0 saturated heterocycles. The molecule has 0 heterocycles. The lowest BCUT2D eigenvalue weighted by Crippen LogP contribution is -2.22. The molecule has 0 fully saturated rings. The standard InChI is InChI=1S/C13H18O3S/c1-13(2,8-12(14)15)10-7-9(17-4)5-6-11(10)16-3/h5-7H,8H2,1-4H3,(H,14,15). The molecular weight excluding hydrogens is 236 g/mol. The van der Waals surface area contributed by atoms with Gasteiger partial charge >= 0.3 is 5.97 Å². The number of hydrogen-bond donors (Lipinski definition) is 1. The molecule has 0 aliphatic heterocycles. The summed E-state index contributed by atoms with van der Waals surface area (Å²) in [5, 5.41) is 8.95. The first-order valence-corrected chi connectivity index (χ1v) is 6.57. The Morgan fingerprint density at radius 1 is 1.47 bits per heavy atom. The Morgan fingerprint density at radius 3 is 2.59 bits per heavy atom. The number of methoxy groups -OCH3 is 1. The van der Waals surface area contributed by atoms with Gasteiger partial charge in [-0.1, -0.05) is 13.8 Å². The van der Waals surface area contributed by atoms with Gasteiger partial charge in [0.1, 0.15) is 5.75 Å². The van der Waals surface area contributed by atoms with Crippen LogP contribution >= 0.6 is 11.8 Å². The van der Waals surface area contributed by atoms with E-state index in [4.69, 9.17) is 9.84 Å². The molecule has 94 valence electrons. The first kappa shape index (κ1) is 13.9. The maximum Gasteiger partial charge on any atom is 0.304 e. The van der Waals surface area contributed by atoms with Crippen LogP contribution in [0.15, 0.2) is 23.1 Å². The highest BCUT2D eigenvalue weighted by Gasteiger charge is 2.27. The zero-order valence-corrected chi connectivity index (χ0v) is 11.4. The van der Waals surface area contributed by atoms with Crippen molar-refractivity contribution in [2.24, 2.45) is 0 Å². The summed E-state index contributed by atoms with van der Waals surface area (Å²) < 4.78 is 5.31. The molecule has 0 radical (unpaired) electrons. The lowest BCUT2D eigenvalue weighted by Gasteiger charge is -2.25. The average Bonchev–Trinajstić information content (AvgIpc) is 2.26. The number of carboxylic acid groups (broad SMARTS) is 1. The van der Waals surface area contributed by atoms with Gasteiger partial charge in [-0.2, -0.15) is 0 Å². The second kappa shape index (κ2) is 5.45. The molecule has 4 heteroatoms. The Bertz CT molecular complexity index is 413. The molecule has 3 nitrogen and oxygen atoms in total. The zero-order chi connectivity index (χ0) is 13.1. The number of ether oxygens (including phenoxy) is 1. The monoisotopic (exact) mass is 254 g/mol. The summed E-state index contributed by atoms with van der Waals surface area (Å²) in [5.41, 5.74) is 0.498. The molecule has 0 spiro atoms. The summed E-state index contributed by atoms with van der Waals surface area (Å²) in [4.78, 5) is 12.0. The van der Waals surface area contributed by atoms with Gasteiger partial charge in [-0.25, -0.2) is 0 Å². The summed E-state index contributed by atoms with van der Waals surface area (Å²) in [6.07, 6.45) is 2.08. The normalized spacial score (nSPS) is 11.3. The van der Waals surface area contributed by atoms with E-state index < -0.39 is 11.4 Å². The van der Waals surface area contributed by atoms with Gasteiger partial charge in [0, 0.05) is 15.9 Å². The fourth-order valence-electron chi connectivity index (χ4n) is 1.82. The smallest absolute Gasteiger partial charge is 0.304 e. The minimum atomic E-state index is -0.799. The summed E-state index contributed by atoms with van der Waals surface area (Å²) in [6, 6.07) is 5.88. The molecule has 0 aromatic heterocycles. The molecule has 0 atom stereocenters. The number of thioether (sulfide) groups is 1. The summed E-state index contributed by atoms with van der Waals surface area (Å²) in [6.45, 7) is 3.84. The second-order valence-corrected chi connectivity index (χ2v) is 5.40. The zero-order valence-electron chi connectivity index (χ0n) is 10.6. The predicted molar refractivity (Wildman–Crippen MR) is 70.1 cm³/mol. The van der Waals surface area contributed by atoms with Gasteiger partial charge in [0.25, 0.3) is 0 Å². The maximum atomic E-state index is 10.9. The minimum absolute atomic E-state index is 0.0845. The van der Waals surface area contributed by atoms with Crippen LogP contribution in [0.3, 0.4) is 0 Å². The van der Waals surface area contributed by atoms with Crippen LogP contribution in [-0.4, -0.2) is 24.4 Å². The van der Waals surface area contributed by atoms with Crippen molar-refractivity contribution in [2.75, 3.05) is 13.4 Å². The van der Waals surface area contributed by atoms with Gasteiger partial charge in [-0.05, 0) is 24.5 Å². The van der Waals surface area contributed by atoms with Crippen molar-refractivity contribution in [1.29, 1.82) is 0 Å². The highest BCUT2D eigenvalue weighted by Crippen LogP contribution is 2.36. The number of benzene rings is 1. The summed E-state index contributed by atoms with van der Waals surface area (Å²) in [5.74, 6) is -0.0549. The van der Waals surface area contributed by atoms with Crippen molar-refractivity contribution < 1.29 is 14.6 Å². The Morgan fingerprint density at radius 2 is 2.12 bits per heavy atom. The number of hydrogen-bond acceptors (Lipinski definition) is 3. The topological polar surface area (TPSA) is 46.5 Å². The van der Waals surface area contributed by atoms with Crippen molar-refractivity contribution in [3.63, 3.8) is 0 Å².